The van der Waals surface area contributed by atoms with Crippen LogP contribution in [0.3, 0.4) is 0 Å². The number of halogens is 2. The Morgan fingerprint density at radius 2 is 1.75 bits per heavy atom. The van der Waals surface area contributed by atoms with Gasteiger partial charge in [0.1, 0.15) is 0 Å². The normalized spacial score (nSPS) is 23.5. The highest BCUT2D eigenvalue weighted by Crippen LogP contribution is 2.30. The van der Waals surface area contributed by atoms with Gasteiger partial charge in [-0.2, -0.15) is 0 Å². The van der Waals surface area contributed by atoms with Gasteiger partial charge in [0.15, 0.2) is 4.77 Å². The second-order valence-corrected chi connectivity index (χ2v) is 6.74. The maximum absolute atomic E-state index is 6.17. The first-order valence-electron chi connectivity index (χ1n) is 6.87. The highest BCUT2D eigenvalue weighted by Gasteiger charge is 2.27. The van der Waals surface area contributed by atoms with Crippen LogP contribution in [0.1, 0.15) is 33.1 Å². The minimum Gasteiger partial charge on any atom is -0.329 e. The summed E-state index contributed by atoms with van der Waals surface area (Å²) in [5.74, 6) is 0. The van der Waals surface area contributed by atoms with E-state index in [1.165, 1.54) is 19.3 Å². The minimum atomic E-state index is 0.457. The van der Waals surface area contributed by atoms with Crippen molar-refractivity contribution in [3.05, 3.63) is 26.9 Å². The average Bonchev–Trinajstić information content (AvgIpc) is 2.67. The average molecular weight is 330 g/mol. The number of nitrogens with one attached hydrogen (secondary N) is 1. The molecule has 0 bridgehead atoms. The van der Waals surface area contributed by atoms with E-state index in [9.17, 15) is 0 Å². The molecule has 1 N–H and O–H groups in total. The van der Waals surface area contributed by atoms with Crippen LogP contribution in [0, 0.1) is 4.77 Å². The predicted octanol–water partition coefficient (Wildman–Crippen LogP) is 4.90. The SMILES string of the molecule is CC1CCCC(C)N1n1c(=S)[nH]c2cc(Cl)c(Cl)cc21. The second-order valence-electron chi connectivity index (χ2n) is 5.53. The van der Waals surface area contributed by atoms with Crippen LogP contribution in [0.5, 0.6) is 0 Å². The fourth-order valence-electron chi connectivity index (χ4n) is 3.12. The summed E-state index contributed by atoms with van der Waals surface area (Å²) in [6.45, 7) is 4.49. The third-order valence-corrected chi connectivity index (χ3v) is 5.08. The number of aromatic amines is 1. The van der Waals surface area contributed by atoms with E-state index >= 15 is 0 Å². The molecule has 108 valence electrons. The molecule has 1 saturated heterocycles. The third kappa shape index (κ3) is 2.24. The molecule has 1 aliphatic rings. The van der Waals surface area contributed by atoms with E-state index in [4.69, 9.17) is 35.4 Å². The van der Waals surface area contributed by atoms with Crippen LogP contribution in [0.15, 0.2) is 12.1 Å². The lowest BCUT2D eigenvalue weighted by Gasteiger charge is -2.41. The van der Waals surface area contributed by atoms with Crippen molar-refractivity contribution in [2.24, 2.45) is 0 Å². The smallest absolute Gasteiger partial charge is 0.197 e. The Labute approximate surface area is 133 Å². The number of rotatable bonds is 1. The lowest BCUT2D eigenvalue weighted by Crippen LogP contribution is -2.50. The zero-order valence-electron chi connectivity index (χ0n) is 11.5. The van der Waals surface area contributed by atoms with Crippen molar-refractivity contribution in [3.8, 4) is 0 Å². The predicted molar refractivity (Wildman–Crippen MR) is 88.1 cm³/mol. The number of fused-ring (bicyclic) bond motifs is 1. The van der Waals surface area contributed by atoms with Crippen LogP contribution in [0.4, 0.5) is 0 Å². The molecule has 1 aliphatic heterocycles. The van der Waals surface area contributed by atoms with E-state index in [1.807, 2.05) is 12.1 Å². The lowest BCUT2D eigenvalue weighted by molar-refractivity contribution is 0.339. The molecule has 2 aromatic rings. The Morgan fingerprint density at radius 1 is 1.15 bits per heavy atom. The summed E-state index contributed by atoms with van der Waals surface area (Å²) < 4.78 is 2.78. The minimum absolute atomic E-state index is 0.457. The molecule has 1 aromatic carbocycles. The van der Waals surface area contributed by atoms with E-state index in [1.54, 1.807) is 0 Å². The summed E-state index contributed by atoms with van der Waals surface area (Å²) in [6.07, 6.45) is 3.63. The van der Waals surface area contributed by atoms with Crippen molar-refractivity contribution < 1.29 is 0 Å². The third-order valence-electron chi connectivity index (χ3n) is 4.08. The highest BCUT2D eigenvalue weighted by atomic mass is 35.5. The topological polar surface area (TPSA) is 24.0 Å². The molecule has 2 atom stereocenters. The van der Waals surface area contributed by atoms with Gasteiger partial charge in [-0.15, -0.1) is 0 Å². The van der Waals surface area contributed by atoms with Gasteiger partial charge >= 0.3 is 0 Å². The summed E-state index contributed by atoms with van der Waals surface area (Å²) in [4.78, 5) is 3.23. The number of nitrogens with zero attached hydrogens (tertiary/aromatic N) is 2. The van der Waals surface area contributed by atoms with Gasteiger partial charge in [0, 0.05) is 12.1 Å². The second kappa shape index (κ2) is 5.24. The summed E-state index contributed by atoms with van der Waals surface area (Å²) in [5.41, 5.74) is 1.92. The van der Waals surface area contributed by atoms with E-state index in [0.29, 0.717) is 26.9 Å². The summed E-state index contributed by atoms with van der Waals surface area (Å²) in [6, 6.07) is 4.64. The van der Waals surface area contributed by atoms with Gasteiger partial charge in [0.2, 0.25) is 0 Å². The highest BCUT2D eigenvalue weighted by molar-refractivity contribution is 7.71. The maximum Gasteiger partial charge on any atom is 0.197 e. The molecule has 3 rings (SSSR count). The largest absolute Gasteiger partial charge is 0.329 e. The van der Waals surface area contributed by atoms with Crippen molar-refractivity contribution in [3.63, 3.8) is 0 Å². The molecular formula is C14H17Cl2N3S. The molecule has 2 heterocycles. The number of benzene rings is 1. The molecule has 0 aliphatic carbocycles. The fraction of sp³-hybridized carbons (Fsp3) is 0.500. The monoisotopic (exact) mass is 329 g/mol. The molecule has 0 saturated carbocycles. The van der Waals surface area contributed by atoms with Crippen LogP contribution >= 0.6 is 35.4 Å². The Hall–Kier alpha value is -0.710. The standard InChI is InChI=1S/C14H17Cl2N3S/c1-8-4-3-5-9(2)18(8)19-13-7-11(16)10(15)6-12(13)17-14(19)20/h6-9H,3-5H2,1-2H3,(H,17,20). The van der Waals surface area contributed by atoms with E-state index < -0.39 is 0 Å². The fourth-order valence-corrected chi connectivity index (χ4v) is 3.74. The number of hydrogen-bond donors (Lipinski definition) is 1. The van der Waals surface area contributed by atoms with Crippen LogP contribution in [0.2, 0.25) is 10.0 Å². The first-order valence-corrected chi connectivity index (χ1v) is 8.04. The Kier molecular flexibility index (Phi) is 3.73. The Balaban J connectivity index is 2.22. The van der Waals surface area contributed by atoms with Crippen LogP contribution < -0.4 is 5.01 Å². The van der Waals surface area contributed by atoms with Crippen molar-refractivity contribution in [2.45, 2.75) is 45.2 Å². The zero-order valence-corrected chi connectivity index (χ0v) is 13.8. The van der Waals surface area contributed by atoms with Gasteiger partial charge in [-0.25, -0.2) is 4.68 Å². The molecular weight excluding hydrogens is 313 g/mol. The molecule has 20 heavy (non-hydrogen) atoms. The number of hydrogen-bond acceptors (Lipinski definition) is 2. The van der Waals surface area contributed by atoms with Crippen LogP contribution in [-0.2, 0) is 0 Å². The molecule has 0 spiro atoms. The summed E-state index contributed by atoms with van der Waals surface area (Å²) in [5, 5.41) is 3.45. The maximum atomic E-state index is 6.17. The molecule has 0 radical (unpaired) electrons. The number of piperidine rings is 1. The van der Waals surface area contributed by atoms with Gasteiger partial charge in [-0.05, 0) is 57.5 Å². The van der Waals surface area contributed by atoms with Gasteiger partial charge in [0.25, 0.3) is 0 Å². The van der Waals surface area contributed by atoms with Gasteiger partial charge in [-0.1, -0.05) is 23.2 Å². The number of H-pyrrole nitrogens is 1. The molecule has 1 aromatic heterocycles. The van der Waals surface area contributed by atoms with Crippen molar-refractivity contribution >= 4 is 46.5 Å². The van der Waals surface area contributed by atoms with Gasteiger partial charge in [0.05, 0.1) is 21.1 Å². The Bertz CT molecular complexity index is 696. The first-order chi connectivity index (χ1) is 9.49. The molecule has 1 fully saturated rings. The number of aromatic nitrogens is 2. The molecule has 3 nitrogen and oxygen atoms in total. The molecule has 2 unspecified atom stereocenters. The Morgan fingerprint density at radius 3 is 2.40 bits per heavy atom. The van der Waals surface area contributed by atoms with E-state index in [0.717, 1.165) is 11.0 Å². The molecule has 6 heteroatoms. The number of imidazole rings is 1. The van der Waals surface area contributed by atoms with E-state index in [-0.39, 0.29) is 0 Å². The van der Waals surface area contributed by atoms with Gasteiger partial charge in [-0.3, -0.25) is 0 Å². The van der Waals surface area contributed by atoms with Gasteiger partial charge < -0.3 is 9.99 Å². The van der Waals surface area contributed by atoms with Crippen LogP contribution in [-0.4, -0.2) is 21.7 Å². The van der Waals surface area contributed by atoms with E-state index in [2.05, 4.69) is 28.5 Å². The first kappa shape index (κ1) is 14.2. The lowest BCUT2D eigenvalue weighted by atomic mass is 10.00. The quantitative estimate of drug-likeness (QED) is 0.752. The van der Waals surface area contributed by atoms with Crippen molar-refractivity contribution in [1.29, 1.82) is 0 Å². The summed E-state index contributed by atoms with van der Waals surface area (Å²) >= 11 is 17.8. The zero-order chi connectivity index (χ0) is 14.4. The summed E-state index contributed by atoms with van der Waals surface area (Å²) in [7, 11) is 0. The van der Waals surface area contributed by atoms with Crippen LogP contribution in [0.25, 0.3) is 11.0 Å². The van der Waals surface area contributed by atoms with Crippen molar-refractivity contribution in [2.75, 3.05) is 5.01 Å². The van der Waals surface area contributed by atoms with Crippen molar-refractivity contribution in [1.82, 2.24) is 9.66 Å². The molecule has 0 amide bonds.